The van der Waals surface area contributed by atoms with E-state index in [1.54, 1.807) is 11.9 Å². The smallest absolute Gasteiger partial charge is 0.243 e. The Morgan fingerprint density at radius 3 is 2.74 bits per heavy atom. The summed E-state index contributed by atoms with van der Waals surface area (Å²) < 4.78 is 0. The van der Waals surface area contributed by atoms with Crippen LogP contribution in [-0.4, -0.2) is 22.8 Å². The molecule has 0 spiro atoms. The normalized spacial score (nSPS) is 16.9. The Kier molecular flexibility index (Phi) is 3.84. The van der Waals surface area contributed by atoms with Crippen molar-refractivity contribution in [1.29, 1.82) is 5.26 Å². The van der Waals surface area contributed by atoms with Crippen LogP contribution in [-0.2, 0) is 11.3 Å². The summed E-state index contributed by atoms with van der Waals surface area (Å²) in [5.74, 6) is -0.0594. The molecule has 0 atom stereocenters. The average molecular weight is 257 g/mol. The SMILES string of the molecule is Cc1cccc(CN(C)C(=O)C2(C#N)CCCC2)n1. The Morgan fingerprint density at radius 2 is 2.16 bits per heavy atom. The van der Waals surface area contributed by atoms with Crippen molar-refractivity contribution in [3.8, 4) is 6.07 Å². The maximum Gasteiger partial charge on any atom is 0.243 e. The van der Waals surface area contributed by atoms with Gasteiger partial charge in [0.05, 0.1) is 18.3 Å². The summed E-state index contributed by atoms with van der Waals surface area (Å²) in [6.07, 6.45) is 3.31. The molecule has 4 heteroatoms. The minimum atomic E-state index is -0.793. The molecule has 100 valence electrons. The molecule has 1 heterocycles. The second kappa shape index (κ2) is 5.40. The summed E-state index contributed by atoms with van der Waals surface area (Å²) in [6.45, 7) is 2.39. The van der Waals surface area contributed by atoms with Crippen molar-refractivity contribution >= 4 is 5.91 Å². The number of hydrogen-bond acceptors (Lipinski definition) is 3. The van der Waals surface area contributed by atoms with Gasteiger partial charge in [0.15, 0.2) is 0 Å². The van der Waals surface area contributed by atoms with Crippen molar-refractivity contribution in [3.63, 3.8) is 0 Å². The van der Waals surface area contributed by atoms with Crippen LogP contribution >= 0.6 is 0 Å². The fraction of sp³-hybridized carbons (Fsp3) is 0.533. The van der Waals surface area contributed by atoms with Crippen LogP contribution in [0.1, 0.15) is 37.1 Å². The first-order valence-electron chi connectivity index (χ1n) is 6.67. The second-order valence-corrected chi connectivity index (χ2v) is 5.33. The Morgan fingerprint density at radius 1 is 1.47 bits per heavy atom. The number of carbonyl (C=O) groups is 1. The highest BCUT2D eigenvalue weighted by Gasteiger charge is 2.43. The van der Waals surface area contributed by atoms with E-state index in [1.807, 2.05) is 25.1 Å². The van der Waals surface area contributed by atoms with Crippen LogP contribution in [0, 0.1) is 23.7 Å². The molecule has 0 radical (unpaired) electrons. The Bertz CT molecular complexity index is 512. The lowest BCUT2D eigenvalue weighted by molar-refractivity contribution is -0.138. The lowest BCUT2D eigenvalue weighted by Crippen LogP contribution is -2.39. The Labute approximate surface area is 114 Å². The zero-order valence-electron chi connectivity index (χ0n) is 11.5. The third-order valence-electron chi connectivity index (χ3n) is 3.77. The van der Waals surface area contributed by atoms with Crippen LogP contribution in [0.2, 0.25) is 0 Å². The van der Waals surface area contributed by atoms with Gasteiger partial charge >= 0.3 is 0 Å². The average Bonchev–Trinajstić information content (AvgIpc) is 2.87. The number of rotatable bonds is 3. The van der Waals surface area contributed by atoms with Gasteiger partial charge < -0.3 is 4.90 Å². The number of carbonyl (C=O) groups excluding carboxylic acids is 1. The van der Waals surface area contributed by atoms with Crippen molar-refractivity contribution in [2.75, 3.05) is 7.05 Å². The number of amides is 1. The first-order valence-corrected chi connectivity index (χ1v) is 6.67. The monoisotopic (exact) mass is 257 g/mol. The number of nitriles is 1. The molecule has 0 aliphatic heterocycles. The lowest BCUT2D eigenvalue weighted by atomic mass is 9.86. The zero-order chi connectivity index (χ0) is 13.9. The van der Waals surface area contributed by atoms with Crippen molar-refractivity contribution in [3.05, 3.63) is 29.6 Å². The molecule has 0 aromatic carbocycles. The van der Waals surface area contributed by atoms with E-state index in [0.717, 1.165) is 24.2 Å². The van der Waals surface area contributed by atoms with Crippen LogP contribution in [0.5, 0.6) is 0 Å². The minimum Gasteiger partial charge on any atom is -0.338 e. The van der Waals surface area contributed by atoms with Crippen molar-refractivity contribution in [2.45, 2.75) is 39.2 Å². The van der Waals surface area contributed by atoms with E-state index in [0.29, 0.717) is 19.4 Å². The molecule has 0 bridgehead atoms. The maximum absolute atomic E-state index is 12.5. The van der Waals surface area contributed by atoms with Gasteiger partial charge in [-0.05, 0) is 31.9 Å². The van der Waals surface area contributed by atoms with Crippen molar-refractivity contribution in [1.82, 2.24) is 9.88 Å². The molecule has 4 nitrogen and oxygen atoms in total. The quantitative estimate of drug-likeness (QED) is 0.835. The van der Waals surface area contributed by atoms with E-state index in [2.05, 4.69) is 11.1 Å². The van der Waals surface area contributed by atoms with Gasteiger partial charge in [-0.2, -0.15) is 5.26 Å². The van der Waals surface area contributed by atoms with E-state index < -0.39 is 5.41 Å². The van der Waals surface area contributed by atoms with Gasteiger partial charge in [-0.1, -0.05) is 18.9 Å². The van der Waals surface area contributed by atoms with Gasteiger partial charge in [-0.15, -0.1) is 0 Å². The molecular formula is C15H19N3O. The highest BCUT2D eigenvalue weighted by atomic mass is 16.2. The molecule has 0 N–H and O–H groups in total. The number of nitrogens with zero attached hydrogens (tertiary/aromatic N) is 3. The molecule has 1 aromatic heterocycles. The minimum absolute atomic E-state index is 0.0594. The molecule has 1 aliphatic rings. The Balaban J connectivity index is 2.10. The molecule has 1 aromatic rings. The summed E-state index contributed by atoms with van der Waals surface area (Å²) in [7, 11) is 1.75. The van der Waals surface area contributed by atoms with Crippen LogP contribution in [0.4, 0.5) is 0 Å². The Hall–Kier alpha value is -1.89. The number of hydrogen-bond donors (Lipinski definition) is 0. The molecule has 1 aliphatic carbocycles. The number of aromatic nitrogens is 1. The summed E-state index contributed by atoms with van der Waals surface area (Å²) >= 11 is 0. The molecule has 1 amide bonds. The third kappa shape index (κ3) is 2.76. The molecule has 2 rings (SSSR count). The maximum atomic E-state index is 12.5. The summed E-state index contributed by atoms with van der Waals surface area (Å²) in [4.78, 5) is 18.5. The van der Waals surface area contributed by atoms with E-state index in [1.165, 1.54) is 0 Å². The van der Waals surface area contributed by atoms with Gasteiger partial charge in [0.1, 0.15) is 5.41 Å². The van der Waals surface area contributed by atoms with Crippen molar-refractivity contribution in [2.24, 2.45) is 5.41 Å². The first kappa shape index (κ1) is 13.5. The fourth-order valence-corrected chi connectivity index (χ4v) is 2.72. The van der Waals surface area contributed by atoms with E-state index in [4.69, 9.17) is 0 Å². The largest absolute Gasteiger partial charge is 0.338 e. The topological polar surface area (TPSA) is 57.0 Å². The van der Waals surface area contributed by atoms with E-state index in [-0.39, 0.29) is 5.91 Å². The van der Waals surface area contributed by atoms with Gasteiger partial charge in [0, 0.05) is 12.7 Å². The van der Waals surface area contributed by atoms with Gasteiger partial charge in [0.2, 0.25) is 5.91 Å². The summed E-state index contributed by atoms with van der Waals surface area (Å²) in [5.41, 5.74) is 1.01. The van der Waals surface area contributed by atoms with E-state index in [9.17, 15) is 10.1 Å². The molecule has 0 unspecified atom stereocenters. The number of aryl methyl sites for hydroxylation is 1. The molecule has 1 fully saturated rings. The standard InChI is InChI=1S/C15H19N3O/c1-12-6-5-7-13(17-12)10-18(2)14(19)15(11-16)8-3-4-9-15/h5-7H,3-4,8-10H2,1-2H3. The van der Waals surface area contributed by atoms with Crippen LogP contribution in [0.25, 0.3) is 0 Å². The molecule has 1 saturated carbocycles. The highest BCUT2D eigenvalue weighted by molar-refractivity contribution is 5.85. The van der Waals surface area contributed by atoms with Gasteiger partial charge in [-0.3, -0.25) is 9.78 Å². The predicted octanol–water partition coefficient (Wildman–Crippen LogP) is 2.43. The highest BCUT2D eigenvalue weighted by Crippen LogP contribution is 2.39. The summed E-state index contributed by atoms with van der Waals surface area (Å²) in [5, 5.41) is 9.33. The fourth-order valence-electron chi connectivity index (χ4n) is 2.72. The number of pyridine rings is 1. The molecule has 0 saturated heterocycles. The first-order chi connectivity index (χ1) is 9.07. The van der Waals surface area contributed by atoms with Crippen LogP contribution in [0.15, 0.2) is 18.2 Å². The van der Waals surface area contributed by atoms with Crippen molar-refractivity contribution < 1.29 is 4.79 Å². The molecule has 19 heavy (non-hydrogen) atoms. The third-order valence-corrected chi connectivity index (χ3v) is 3.77. The van der Waals surface area contributed by atoms with Gasteiger partial charge in [-0.25, -0.2) is 0 Å². The van der Waals surface area contributed by atoms with Crippen LogP contribution in [0.3, 0.4) is 0 Å². The zero-order valence-corrected chi connectivity index (χ0v) is 11.5. The van der Waals surface area contributed by atoms with Gasteiger partial charge in [0.25, 0.3) is 0 Å². The summed E-state index contributed by atoms with van der Waals surface area (Å²) in [6, 6.07) is 8.02. The second-order valence-electron chi connectivity index (χ2n) is 5.33. The predicted molar refractivity (Wildman–Crippen MR) is 72.0 cm³/mol. The molecular weight excluding hydrogens is 238 g/mol. The lowest BCUT2D eigenvalue weighted by Gasteiger charge is -2.26. The van der Waals surface area contributed by atoms with Crippen LogP contribution < -0.4 is 0 Å². The van der Waals surface area contributed by atoms with E-state index >= 15 is 0 Å².